The summed E-state index contributed by atoms with van der Waals surface area (Å²) in [6, 6.07) is 2.30. The van der Waals surface area contributed by atoms with Crippen molar-refractivity contribution in [3.8, 4) is 0 Å². The minimum atomic E-state index is 0.156. The van der Waals surface area contributed by atoms with E-state index in [4.69, 9.17) is 5.73 Å². The first-order valence-electron chi connectivity index (χ1n) is 8.65. The lowest BCUT2D eigenvalue weighted by Crippen LogP contribution is -2.03. The first-order chi connectivity index (χ1) is 9.74. The highest BCUT2D eigenvalue weighted by Crippen LogP contribution is 2.13. The van der Waals surface area contributed by atoms with Gasteiger partial charge in [-0.25, -0.2) is 0 Å². The average molecular weight is 278 g/mol. The average Bonchev–Trinajstić information content (AvgIpc) is 2.90. The van der Waals surface area contributed by atoms with Gasteiger partial charge in [-0.2, -0.15) is 0 Å². The van der Waals surface area contributed by atoms with Crippen LogP contribution < -0.4 is 5.73 Å². The van der Waals surface area contributed by atoms with Crippen LogP contribution in [0.1, 0.15) is 89.7 Å². The number of aryl methyl sites for hydroxylation is 1. The van der Waals surface area contributed by atoms with Crippen LogP contribution >= 0.6 is 0 Å². The highest BCUT2D eigenvalue weighted by molar-refractivity contribution is 5.13. The van der Waals surface area contributed by atoms with Gasteiger partial charge in [0.2, 0.25) is 0 Å². The molecular formula is C18H34N2. The molecule has 0 radical (unpaired) electrons. The SMILES string of the molecule is CCCCCCCCCCCCn1ccc(C(C)N)c1. The Kier molecular flexibility index (Phi) is 9.48. The minimum Gasteiger partial charge on any atom is -0.354 e. The summed E-state index contributed by atoms with van der Waals surface area (Å²) in [6.07, 6.45) is 18.3. The molecule has 1 heterocycles. The van der Waals surface area contributed by atoms with Gasteiger partial charge in [-0.05, 0) is 25.0 Å². The van der Waals surface area contributed by atoms with E-state index >= 15 is 0 Å². The highest BCUT2D eigenvalue weighted by Gasteiger charge is 2.01. The molecule has 0 aliphatic rings. The molecule has 0 saturated heterocycles. The molecule has 1 unspecified atom stereocenters. The van der Waals surface area contributed by atoms with Crippen molar-refractivity contribution in [3.63, 3.8) is 0 Å². The standard InChI is InChI=1S/C18H34N2/c1-3-4-5-6-7-8-9-10-11-12-14-20-15-13-18(16-20)17(2)19/h13,15-17H,3-12,14,19H2,1-2H3. The second-order valence-corrected chi connectivity index (χ2v) is 6.15. The van der Waals surface area contributed by atoms with E-state index in [-0.39, 0.29) is 6.04 Å². The quantitative estimate of drug-likeness (QED) is 0.508. The Balaban J connectivity index is 1.91. The van der Waals surface area contributed by atoms with Gasteiger partial charge in [0.15, 0.2) is 0 Å². The molecule has 1 rings (SSSR count). The van der Waals surface area contributed by atoms with E-state index in [1.165, 1.54) is 69.8 Å². The van der Waals surface area contributed by atoms with Crippen LogP contribution in [0.3, 0.4) is 0 Å². The van der Waals surface area contributed by atoms with Gasteiger partial charge in [-0.15, -0.1) is 0 Å². The summed E-state index contributed by atoms with van der Waals surface area (Å²) in [5.41, 5.74) is 7.11. The predicted molar refractivity (Wildman–Crippen MR) is 88.9 cm³/mol. The summed E-state index contributed by atoms with van der Waals surface area (Å²) in [4.78, 5) is 0. The largest absolute Gasteiger partial charge is 0.354 e. The Morgan fingerprint density at radius 1 is 0.950 bits per heavy atom. The number of hydrogen-bond acceptors (Lipinski definition) is 1. The second-order valence-electron chi connectivity index (χ2n) is 6.15. The van der Waals surface area contributed by atoms with E-state index in [2.05, 4.69) is 30.0 Å². The molecule has 2 nitrogen and oxygen atoms in total. The Morgan fingerprint density at radius 2 is 1.50 bits per heavy atom. The molecular weight excluding hydrogens is 244 g/mol. The predicted octanol–water partition coefficient (Wildman–Crippen LogP) is 5.43. The molecule has 20 heavy (non-hydrogen) atoms. The van der Waals surface area contributed by atoms with E-state index in [9.17, 15) is 0 Å². The van der Waals surface area contributed by atoms with Crippen LogP contribution in [0.5, 0.6) is 0 Å². The molecule has 0 spiro atoms. The lowest BCUT2D eigenvalue weighted by atomic mass is 10.1. The zero-order chi connectivity index (χ0) is 14.6. The van der Waals surface area contributed by atoms with E-state index < -0.39 is 0 Å². The van der Waals surface area contributed by atoms with Gasteiger partial charge in [-0.1, -0.05) is 64.7 Å². The van der Waals surface area contributed by atoms with Gasteiger partial charge in [0.25, 0.3) is 0 Å². The van der Waals surface area contributed by atoms with E-state index in [0.717, 1.165) is 6.54 Å². The third-order valence-corrected chi connectivity index (χ3v) is 4.07. The molecule has 1 aromatic rings. The maximum atomic E-state index is 5.87. The number of aromatic nitrogens is 1. The fourth-order valence-electron chi connectivity index (χ4n) is 2.65. The van der Waals surface area contributed by atoms with Crippen LogP contribution in [0.15, 0.2) is 18.5 Å². The van der Waals surface area contributed by atoms with Crippen molar-refractivity contribution in [2.45, 2.75) is 90.6 Å². The van der Waals surface area contributed by atoms with Crippen molar-refractivity contribution in [2.75, 3.05) is 0 Å². The topological polar surface area (TPSA) is 30.9 Å². The molecule has 2 N–H and O–H groups in total. The normalized spacial score (nSPS) is 12.8. The molecule has 0 fully saturated rings. The Bertz CT molecular complexity index is 328. The molecule has 1 aromatic heterocycles. The Morgan fingerprint density at radius 3 is 2.00 bits per heavy atom. The Labute approximate surface area is 125 Å². The van der Waals surface area contributed by atoms with E-state index in [0.29, 0.717) is 0 Å². The first-order valence-corrected chi connectivity index (χ1v) is 8.65. The molecule has 0 saturated carbocycles. The van der Waals surface area contributed by atoms with Crippen LogP contribution in [0.2, 0.25) is 0 Å². The molecule has 116 valence electrons. The number of nitrogens with zero attached hydrogens (tertiary/aromatic N) is 1. The van der Waals surface area contributed by atoms with Crippen LogP contribution in [-0.4, -0.2) is 4.57 Å². The van der Waals surface area contributed by atoms with Crippen LogP contribution in [0.4, 0.5) is 0 Å². The zero-order valence-corrected chi connectivity index (χ0v) is 13.6. The lowest BCUT2D eigenvalue weighted by molar-refractivity contribution is 0.535. The van der Waals surface area contributed by atoms with Crippen molar-refractivity contribution in [2.24, 2.45) is 5.73 Å². The van der Waals surface area contributed by atoms with Crippen molar-refractivity contribution >= 4 is 0 Å². The van der Waals surface area contributed by atoms with Crippen LogP contribution in [0, 0.1) is 0 Å². The third-order valence-electron chi connectivity index (χ3n) is 4.07. The fraction of sp³-hybridized carbons (Fsp3) is 0.778. The van der Waals surface area contributed by atoms with Gasteiger partial charge in [0.1, 0.15) is 0 Å². The fourth-order valence-corrected chi connectivity index (χ4v) is 2.65. The third kappa shape index (κ3) is 7.74. The molecule has 0 aliphatic heterocycles. The molecule has 0 bridgehead atoms. The van der Waals surface area contributed by atoms with Gasteiger partial charge in [-0.3, -0.25) is 0 Å². The van der Waals surface area contributed by atoms with Gasteiger partial charge < -0.3 is 10.3 Å². The summed E-state index contributed by atoms with van der Waals surface area (Å²) >= 11 is 0. The summed E-state index contributed by atoms with van der Waals surface area (Å²) in [5, 5.41) is 0. The van der Waals surface area contributed by atoms with Crippen LogP contribution in [-0.2, 0) is 6.54 Å². The number of rotatable bonds is 12. The van der Waals surface area contributed by atoms with Crippen molar-refractivity contribution in [3.05, 3.63) is 24.0 Å². The summed E-state index contributed by atoms with van der Waals surface area (Å²) in [5.74, 6) is 0. The van der Waals surface area contributed by atoms with E-state index in [1.807, 2.05) is 6.92 Å². The maximum Gasteiger partial charge on any atom is 0.0281 e. The molecule has 0 aliphatic carbocycles. The zero-order valence-electron chi connectivity index (χ0n) is 13.6. The molecule has 0 amide bonds. The monoisotopic (exact) mass is 278 g/mol. The van der Waals surface area contributed by atoms with Gasteiger partial charge in [0.05, 0.1) is 0 Å². The maximum absolute atomic E-state index is 5.87. The van der Waals surface area contributed by atoms with Crippen molar-refractivity contribution < 1.29 is 0 Å². The smallest absolute Gasteiger partial charge is 0.0281 e. The minimum absolute atomic E-state index is 0.156. The first kappa shape index (κ1) is 17.3. The highest BCUT2D eigenvalue weighted by atomic mass is 14.9. The Hall–Kier alpha value is -0.760. The van der Waals surface area contributed by atoms with Gasteiger partial charge >= 0.3 is 0 Å². The second kappa shape index (κ2) is 11.0. The summed E-state index contributed by atoms with van der Waals surface area (Å²) in [6.45, 7) is 5.46. The van der Waals surface area contributed by atoms with Crippen molar-refractivity contribution in [1.29, 1.82) is 0 Å². The van der Waals surface area contributed by atoms with E-state index in [1.54, 1.807) is 0 Å². The van der Waals surface area contributed by atoms with Crippen molar-refractivity contribution in [1.82, 2.24) is 4.57 Å². The number of nitrogens with two attached hydrogens (primary N) is 1. The van der Waals surface area contributed by atoms with Gasteiger partial charge in [0, 0.05) is 25.0 Å². The molecule has 1 atom stereocenters. The molecule has 2 heteroatoms. The van der Waals surface area contributed by atoms with Crippen LogP contribution in [0.25, 0.3) is 0 Å². The number of hydrogen-bond donors (Lipinski definition) is 1. The number of unbranched alkanes of at least 4 members (excludes halogenated alkanes) is 9. The lowest BCUT2D eigenvalue weighted by Gasteiger charge is -2.04. The summed E-state index contributed by atoms with van der Waals surface area (Å²) in [7, 11) is 0. The molecule has 0 aromatic carbocycles. The summed E-state index contributed by atoms with van der Waals surface area (Å²) < 4.78 is 2.28.